The second-order valence-corrected chi connectivity index (χ2v) is 19.6. The molecular weight excluding hydrogens is 262 g/mol. The lowest BCUT2D eigenvalue weighted by atomic mass is 10.2. The number of hydrogen-bond donors (Lipinski definition) is 1. The minimum absolute atomic E-state index is 0.166. The van der Waals surface area contributed by atoms with Crippen molar-refractivity contribution in [2.24, 2.45) is 11.7 Å². The summed E-state index contributed by atoms with van der Waals surface area (Å²) in [6.45, 7) is 19.7. The van der Waals surface area contributed by atoms with Crippen LogP contribution < -0.4 is 5.73 Å². The van der Waals surface area contributed by atoms with Gasteiger partial charge in [0, 0.05) is 5.67 Å². The third-order valence-corrected chi connectivity index (χ3v) is 13.3. The maximum Gasteiger partial charge on any atom is 0.311 e. The molecule has 0 aliphatic heterocycles. The van der Waals surface area contributed by atoms with Gasteiger partial charge in [-0.05, 0) is 51.7 Å². The summed E-state index contributed by atoms with van der Waals surface area (Å²) in [5.74, 6) is 0.466. The maximum atomic E-state index is 6.39. The number of rotatable bonds is 6. The lowest BCUT2D eigenvalue weighted by Crippen LogP contribution is -2.60. The molecule has 0 aromatic rings. The van der Waals surface area contributed by atoms with Gasteiger partial charge >= 0.3 is 8.56 Å². The summed E-state index contributed by atoms with van der Waals surface area (Å²) >= 11 is 0. The Kier molecular flexibility index (Phi) is 5.84. The highest BCUT2D eigenvalue weighted by Crippen LogP contribution is 2.23. The lowest BCUT2D eigenvalue weighted by Gasteiger charge is -2.41. The zero-order valence-electron chi connectivity index (χ0n) is 13.0. The van der Waals surface area contributed by atoms with Crippen LogP contribution in [-0.4, -0.2) is 30.9 Å². The van der Waals surface area contributed by atoms with Gasteiger partial charge in [0.15, 0.2) is 16.6 Å². The van der Waals surface area contributed by atoms with E-state index in [9.17, 15) is 0 Å². The van der Waals surface area contributed by atoms with E-state index in [0.717, 1.165) is 0 Å². The predicted octanol–water partition coefficient (Wildman–Crippen LogP) is 3.28. The molecule has 0 spiro atoms. The average Bonchev–Trinajstić information content (AvgIpc) is 1.94. The van der Waals surface area contributed by atoms with Crippen molar-refractivity contribution in [3.05, 3.63) is 0 Å². The molecule has 1 unspecified atom stereocenters. The lowest BCUT2D eigenvalue weighted by molar-refractivity contribution is 0.376. The van der Waals surface area contributed by atoms with E-state index >= 15 is 0 Å². The van der Waals surface area contributed by atoms with Gasteiger partial charge in [-0.3, -0.25) is 0 Å². The van der Waals surface area contributed by atoms with Crippen molar-refractivity contribution in [3.63, 3.8) is 0 Å². The third kappa shape index (κ3) is 6.88. The molecule has 0 radical (unpaired) electrons. The van der Waals surface area contributed by atoms with E-state index in [1.165, 1.54) is 0 Å². The Bertz CT molecular complexity index is 250. The van der Waals surface area contributed by atoms with Crippen molar-refractivity contribution in [1.82, 2.24) is 0 Å². The second kappa shape index (κ2) is 5.66. The highest BCUT2D eigenvalue weighted by atomic mass is 28.5. The number of hydrogen-bond acceptors (Lipinski definition) is 3. The maximum absolute atomic E-state index is 6.39. The van der Waals surface area contributed by atoms with Crippen LogP contribution in [0.3, 0.4) is 0 Å². The van der Waals surface area contributed by atoms with Crippen LogP contribution in [0, 0.1) is 5.92 Å². The van der Waals surface area contributed by atoms with Crippen molar-refractivity contribution < 1.29 is 8.23 Å². The Morgan fingerprint density at radius 3 is 1.53 bits per heavy atom. The molecule has 17 heavy (non-hydrogen) atoms. The first-order valence-corrected chi connectivity index (χ1v) is 15.6. The first kappa shape index (κ1) is 17.5. The summed E-state index contributed by atoms with van der Waals surface area (Å²) in [4.78, 5) is 0. The van der Waals surface area contributed by atoms with Crippen LogP contribution in [0.25, 0.3) is 0 Å². The molecule has 0 bridgehead atoms. The van der Waals surface area contributed by atoms with Crippen molar-refractivity contribution in [2.45, 2.75) is 65.3 Å². The third-order valence-electron chi connectivity index (χ3n) is 2.58. The van der Waals surface area contributed by atoms with Gasteiger partial charge in [0.2, 0.25) is 0 Å². The summed E-state index contributed by atoms with van der Waals surface area (Å²) in [7, 11) is -5.44. The van der Waals surface area contributed by atoms with E-state index in [2.05, 4.69) is 59.7 Å². The van der Waals surface area contributed by atoms with Crippen molar-refractivity contribution in [3.8, 4) is 0 Å². The standard InChI is InChI=1S/C11H31NO2Si3/c1-10(2)11(12)16(6,7)14-17(8,9)13-15(3,4)5/h10-11H,12H2,1-9H3. The van der Waals surface area contributed by atoms with Crippen LogP contribution in [0.15, 0.2) is 0 Å². The minimum atomic E-state index is -2.04. The highest BCUT2D eigenvalue weighted by Gasteiger charge is 2.41. The molecule has 2 N–H and O–H groups in total. The Morgan fingerprint density at radius 1 is 0.824 bits per heavy atom. The fourth-order valence-electron chi connectivity index (χ4n) is 2.26. The molecule has 1 atom stereocenters. The summed E-state index contributed by atoms with van der Waals surface area (Å²) in [6, 6.07) is 0. The van der Waals surface area contributed by atoms with Crippen molar-refractivity contribution >= 4 is 25.2 Å². The fourth-order valence-corrected chi connectivity index (χ4v) is 15.9. The van der Waals surface area contributed by atoms with E-state index in [1.807, 2.05) is 0 Å². The van der Waals surface area contributed by atoms with E-state index in [-0.39, 0.29) is 5.67 Å². The Balaban J connectivity index is 4.70. The van der Waals surface area contributed by atoms with Gasteiger partial charge in [0.05, 0.1) is 0 Å². The summed E-state index contributed by atoms with van der Waals surface area (Å²) in [5, 5.41) is 0. The molecule has 3 nitrogen and oxygen atoms in total. The fraction of sp³-hybridized carbons (Fsp3) is 1.00. The average molecular weight is 294 g/mol. The first-order valence-electron chi connectivity index (χ1n) is 6.43. The van der Waals surface area contributed by atoms with Crippen LogP contribution in [0.5, 0.6) is 0 Å². The van der Waals surface area contributed by atoms with Crippen LogP contribution in [0.2, 0.25) is 45.8 Å². The molecule has 0 aliphatic carbocycles. The molecule has 0 aliphatic rings. The summed E-state index contributed by atoms with van der Waals surface area (Å²) < 4.78 is 12.6. The van der Waals surface area contributed by atoms with Crippen LogP contribution in [0.1, 0.15) is 13.8 Å². The van der Waals surface area contributed by atoms with Crippen LogP contribution in [-0.2, 0) is 8.23 Å². The van der Waals surface area contributed by atoms with E-state index in [0.29, 0.717) is 5.92 Å². The SMILES string of the molecule is CC(C)C(N)[Si](C)(C)O[Si](C)(C)O[Si](C)(C)C. The smallest absolute Gasteiger partial charge is 0.311 e. The molecule has 0 aromatic heterocycles. The molecule has 0 saturated carbocycles. The van der Waals surface area contributed by atoms with Gasteiger partial charge in [-0.1, -0.05) is 13.8 Å². The molecule has 0 heterocycles. The van der Waals surface area contributed by atoms with E-state index in [1.54, 1.807) is 0 Å². The summed E-state index contributed by atoms with van der Waals surface area (Å²) in [6.07, 6.45) is 0. The van der Waals surface area contributed by atoms with Gasteiger partial charge in [-0.15, -0.1) is 0 Å². The topological polar surface area (TPSA) is 44.5 Å². The minimum Gasteiger partial charge on any atom is -0.437 e. The second-order valence-electron chi connectivity index (χ2n) is 7.09. The quantitative estimate of drug-likeness (QED) is 0.764. The van der Waals surface area contributed by atoms with Gasteiger partial charge in [0.1, 0.15) is 0 Å². The Hall–Kier alpha value is 0.531. The van der Waals surface area contributed by atoms with Crippen LogP contribution >= 0.6 is 0 Å². The monoisotopic (exact) mass is 293 g/mol. The molecule has 104 valence electrons. The molecule has 6 heteroatoms. The van der Waals surface area contributed by atoms with Gasteiger partial charge in [-0.25, -0.2) is 0 Å². The van der Waals surface area contributed by atoms with Crippen molar-refractivity contribution in [2.75, 3.05) is 0 Å². The zero-order valence-corrected chi connectivity index (χ0v) is 16.0. The molecule has 0 saturated heterocycles. The molecule has 0 amide bonds. The molecule has 0 fully saturated rings. The van der Waals surface area contributed by atoms with Gasteiger partial charge in [-0.2, -0.15) is 0 Å². The largest absolute Gasteiger partial charge is 0.437 e. The molecular formula is C11H31NO2Si3. The Labute approximate surface area is 111 Å². The van der Waals surface area contributed by atoms with Crippen molar-refractivity contribution in [1.29, 1.82) is 0 Å². The molecule has 0 aromatic carbocycles. The van der Waals surface area contributed by atoms with Crippen LogP contribution in [0.4, 0.5) is 0 Å². The Morgan fingerprint density at radius 2 is 1.24 bits per heavy atom. The van der Waals surface area contributed by atoms with Gasteiger partial charge < -0.3 is 14.0 Å². The first-order chi connectivity index (χ1) is 7.27. The van der Waals surface area contributed by atoms with E-state index < -0.39 is 25.2 Å². The predicted molar refractivity (Wildman–Crippen MR) is 83.3 cm³/mol. The highest BCUT2D eigenvalue weighted by molar-refractivity contribution is 6.88. The molecule has 0 rings (SSSR count). The normalized spacial score (nSPS) is 16.4. The zero-order chi connectivity index (χ0) is 14.1. The van der Waals surface area contributed by atoms with E-state index in [4.69, 9.17) is 14.0 Å². The van der Waals surface area contributed by atoms with Gasteiger partial charge in [0.25, 0.3) is 0 Å². The summed E-state index contributed by atoms with van der Waals surface area (Å²) in [5.41, 5.74) is 6.45. The number of nitrogens with two attached hydrogens (primary N) is 1.